The molecule has 0 aromatic heterocycles. The van der Waals surface area contributed by atoms with Gasteiger partial charge in [0, 0.05) is 50.6 Å². The zero-order chi connectivity index (χ0) is 19.8. The van der Waals surface area contributed by atoms with Crippen LogP contribution in [0.25, 0.3) is 0 Å². The molecule has 1 N–H and O–H groups in total. The van der Waals surface area contributed by atoms with E-state index in [9.17, 15) is 18.3 Å². The largest absolute Gasteiger partial charge is 0.416 e. The highest BCUT2D eigenvalue weighted by atomic mass is 19.4. The molecule has 0 amide bonds. The number of hydrogen-bond donors (Lipinski definition) is 1. The molecule has 0 aliphatic carbocycles. The molecule has 4 nitrogen and oxygen atoms in total. The number of rotatable bonds is 4. The smallest absolute Gasteiger partial charge is 0.395 e. The van der Waals surface area contributed by atoms with Crippen LogP contribution in [0.4, 0.5) is 18.9 Å². The van der Waals surface area contributed by atoms with E-state index in [1.54, 1.807) is 6.07 Å². The highest BCUT2D eigenvalue weighted by molar-refractivity contribution is 5.63. The molecule has 3 aliphatic rings. The van der Waals surface area contributed by atoms with Crippen LogP contribution in [0.1, 0.15) is 36.8 Å². The molecule has 3 aliphatic heterocycles. The van der Waals surface area contributed by atoms with E-state index < -0.39 is 11.7 Å². The van der Waals surface area contributed by atoms with E-state index in [2.05, 4.69) is 9.80 Å². The third-order valence-electron chi connectivity index (χ3n) is 6.76. The molecule has 1 aromatic carbocycles. The van der Waals surface area contributed by atoms with Crippen LogP contribution < -0.4 is 4.90 Å². The van der Waals surface area contributed by atoms with Crippen molar-refractivity contribution in [2.75, 3.05) is 50.9 Å². The zero-order valence-electron chi connectivity index (χ0n) is 16.2. The number of nitrogens with zero attached hydrogens (tertiary/aromatic N) is 2. The van der Waals surface area contributed by atoms with Crippen LogP contribution in [0.5, 0.6) is 0 Å². The maximum Gasteiger partial charge on any atom is 0.416 e. The van der Waals surface area contributed by atoms with Gasteiger partial charge in [-0.25, -0.2) is 0 Å². The van der Waals surface area contributed by atoms with Crippen molar-refractivity contribution in [1.82, 2.24) is 4.90 Å². The van der Waals surface area contributed by atoms with Gasteiger partial charge < -0.3 is 19.6 Å². The van der Waals surface area contributed by atoms with Crippen LogP contribution in [0, 0.1) is 5.92 Å². The van der Waals surface area contributed by atoms with Crippen molar-refractivity contribution in [3.05, 3.63) is 29.3 Å². The number of aliphatic hydroxyl groups is 1. The first-order valence-electron chi connectivity index (χ1n) is 10.3. The number of hydrogen-bond acceptors (Lipinski definition) is 4. The Morgan fingerprint density at radius 2 is 1.86 bits per heavy atom. The fourth-order valence-electron chi connectivity index (χ4n) is 5.20. The lowest BCUT2D eigenvalue weighted by Crippen LogP contribution is -2.55. The lowest BCUT2D eigenvalue weighted by Gasteiger charge is -2.47. The second-order valence-corrected chi connectivity index (χ2v) is 8.47. The molecular formula is C21H29F3N2O2. The number of β-amino-alcohol motifs (C(OH)–C–C–N with tert-alkyl or cyclic N) is 1. The summed E-state index contributed by atoms with van der Waals surface area (Å²) < 4.78 is 45.0. The summed E-state index contributed by atoms with van der Waals surface area (Å²) >= 11 is 0. The van der Waals surface area contributed by atoms with E-state index in [1.807, 2.05) is 0 Å². The van der Waals surface area contributed by atoms with Gasteiger partial charge in [-0.15, -0.1) is 0 Å². The summed E-state index contributed by atoms with van der Waals surface area (Å²) in [6.07, 6.45) is 0.501. The number of halogens is 3. The number of likely N-dealkylation sites (tertiary alicyclic amines) is 1. The number of piperidine rings is 1. The van der Waals surface area contributed by atoms with Crippen LogP contribution in [0.15, 0.2) is 18.2 Å². The van der Waals surface area contributed by atoms with Crippen molar-refractivity contribution < 1.29 is 23.0 Å². The fraction of sp³-hybridized carbons (Fsp3) is 0.714. The van der Waals surface area contributed by atoms with Gasteiger partial charge in [-0.3, -0.25) is 0 Å². The summed E-state index contributed by atoms with van der Waals surface area (Å²) in [5.41, 5.74) is 0.853. The Bertz CT molecular complexity index is 681. The van der Waals surface area contributed by atoms with Gasteiger partial charge in [0.25, 0.3) is 0 Å². The van der Waals surface area contributed by atoms with Gasteiger partial charge in [0.15, 0.2) is 0 Å². The standard InChI is InChI=1S/C21H29F3N2O2/c22-21(23,24)18-2-1-17-14-20(26(9-10-27)19(17)13-18)5-7-25(8-6-20)15-16-3-11-28-12-4-16/h1-2,13,16,27H,3-12,14-15H2. The average molecular weight is 398 g/mol. The molecule has 2 fully saturated rings. The number of fused-ring (bicyclic) bond motifs is 1. The minimum atomic E-state index is -4.34. The average Bonchev–Trinajstić information content (AvgIpc) is 2.97. The second kappa shape index (κ2) is 7.84. The molecule has 1 aromatic rings. The zero-order valence-corrected chi connectivity index (χ0v) is 16.2. The van der Waals surface area contributed by atoms with Gasteiger partial charge in [0.05, 0.1) is 12.2 Å². The van der Waals surface area contributed by atoms with Gasteiger partial charge in [0.2, 0.25) is 0 Å². The van der Waals surface area contributed by atoms with E-state index in [0.717, 1.165) is 70.5 Å². The maximum absolute atomic E-state index is 13.2. The molecule has 0 saturated carbocycles. The molecule has 4 rings (SSSR count). The van der Waals surface area contributed by atoms with Crippen LogP contribution in [0.3, 0.4) is 0 Å². The van der Waals surface area contributed by atoms with Crippen molar-refractivity contribution in [1.29, 1.82) is 0 Å². The molecular weight excluding hydrogens is 369 g/mol. The van der Waals surface area contributed by atoms with Crippen LogP contribution in [-0.2, 0) is 17.3 Å². The third kappa shape index (κ3) is 3.89. The number of ether oxygens (including phenoxy) is 1. The lowest BCUT2D eigenvalue weighted by atomic mass is 9.83. The molecule has 0 unspecified atom stereocenters. The van der Waals surface area contributed by atoms with Crippen LogP contribution in [0.2, 0.25) is 0 Å². The van der Waals surface area contributed by atoms with Gasteiger partial charge >= 0.3 is 6.18 Å². The molecule has 7 heteroatoms. The summed E-state index contributed by atoms with van der Waals surface area (Å²) in [4.78, 5) is 4.56. The highest BCUT2D eigenvalue weighted by Crippen LogP contribution is 2.46. The molecule has 2 saturated heterocycles. The van der Waals surface area contributed by atoms with Crippen molar-refractivity contribution >= 4 is 5.69 Å². The van der Waals surface area contributed by atoms with Gasteiger partial charge in [-0.2, -0.15) is 13.2 Å². The number of anilines is 1. The summed E-state index contributed by atoms with van der Waals surface area (Å²) in [7, 11) is 0. The van der Waals surface area contributed by atoms with Crippen LogP contribution >= 0.6 is 0 Å². The van der Waals surface area contributed by atoms with E-state index in [0.29, 0.717) is 18.2 Å². The third-order valence-corrected chi connectivity index (χ3v) is 6.76. The number of benzene rings is 1. The maximum atomic E-state index is 13.2. The summed E-state index contributed by atoms with van der Waals surface area (Å²) in [6, 6.07) is 4.09. The molecule has 1 spiro atoms. The molecule has 0 atom stereocenters. The van der Waals surface area contributed by atoms with E-state index >= 15 is 0 Å². The quantitative estimate of drug-likeness (QED) is 0.844. The topological polar surface area (TPSA) is 35.9 Å². The first-order chi connectivity index (χ1) is 13.4. The molecule has 3 heterocycles. The van der Waals surface area contributed by atoms with E-state index in [1.165, 1.54) is 12.1 Å². The van der Waals surface area contributed by atoms with Crippen molar-refractivity contribution in [3.63, 3.8) is 0 Å². The Hall–Kier alpha value is -1.31. The number of alkyl halides is 3. The molecule has 28 heavy (non-hydrogen) atoms. The fourth-order valence-corrected chi connectivity index (χ4v) is 5.20. The van der Waals surface area contributed by atoms with E-state index in [4.69, 9.17) is 4.74 Å². The van der Waals surface area contributed by atoms with Gasteiger partial charge in [-0.05, 0) is 55.7 Å². The SMILES string of the molecule is OCCN1c2cc(C(F)(F)F)ccc2CC12CCN(CC1CCOCC1)CC2. The monoisotopic (exact) mass is 398 g/mol. The Morgan fingerprint density at radius 1 is 1.14 bits per heavy atom. The molecule has 0 radical (unpaired) electrons. The van der Waals surface area contributed by atoms with Gasteiger partial charge in [-0.1, -0.05) is 6.07 Å². The summed E-state index contributed by atoms with van der Waals surface area (Å²) in [6.45, 7) is 5.04. The van der Waals surface area contributed by atoms with Crippen molar-refractivity contribution in [2.24, 2.45) is 5.92 Å². The van der Waals surface area contributed by atoms with E-state index in [-0.39, 0.29) is 12.1 Å². The van der Waals surface area contributed by atoms with Crippen molar-refractivity contribution in [2.45, 2.75) is 43.8 Å². The summed E-state index contributed by atoms with van der Waals surface area (Å²) in [5.74, 6) is 0.687. The lowest BCUT2D eigenvalue weighted by molar-refractivity contribution is -0.137. The predicted octanol–water partition coefficient (Wildman–Crippen LogP) is 3.32. The predicted molar refractivity (Wildman–Crippen MR) is 102 cm³/mol. The van der Waals surface area contributed by atoms with Crippen LogP contribution in [-0.4, -0.2) is 61.5 Å². The Labute approximate surface area is 164 Å². The van der Waals surface area contributed by atoms with Gasteiger partial charge in [0.1, 0.15) is 0 Å². The number of aliphatic hydroxyl groups excluding tert-OH is 1. The minimum absolute atomic E-state index is 0.0524. The molecule has 156 valence electrons. The molecule has 0 bridgehead atoms. The minimum Gasteiger partial charge on any atom is -0.395 e. The Kier molecular flexibility index (Phi) is 5.60. The first kappa shape index (κ1) is 20.0. The Balaban J connectivity index is 1.48. The Morgan fingerprint density at radius 3 is 2.50 bits per heavy atom. The normalized spacial score (nSPS) is 23.4. The summed E-state index contributed by atoms with van der Waals surface area (Å²) in [5, 5.41) is 9.58. The second-order valence-electron chi connectivity index (χ2n) is 8.47. The first-order valence-corrected chi connectivity index (χ1v) is 10.3. The highest BCUT2D eigenvalue weighted by Gasteiger charge is 2.46. The van der Waals surface area contributed by atoms with Crippen molar-refractivity contribution in [3.8, 4) is 0 Å².